The van der Waals surface area contributed by atoms with Gasteiger partial charge in [0, 0.05) is 16.5 Å². The number of hydrogen-bond donors (Lipinski definition) is 0. The molecule has 0 aromatic heterocycles. The summed E-state index contributed by atoms with van der Waals surface area (Å²) >= 11 is 0. The van der Waals surface area contributed by atoms with Crippen LogP contribution in [0.2, 0.25) is 0 Å². The molecule has 0 heterocycles. The van der Waals surface area contributed by atoms with Crippen molar-refractivity contribution in [3.8, 4) is 0 Å². The van der Waals surface area contributed by atoms with Crippen LogP contribution in [0.4, 0.5) is 0 Å². The van der Waals surface area contributed by atoms with Crippen molar-refractivity contribution in [1.82, 2.24) is 0 Å². The van der Waals surface area contributed by atoms with Gasteiger partial charge >= 0.3 is 0 Å². The predicted molar refractivity (Wildman–Crippen MR) is 25.3 cm³/mol. The molecule has 1 rings (SSSR count). The molecule has 0 aliphatic heterocycles. The minimum absolute atomic E-state index is 0. The molecule has 1 radical (unpaired) electrons. The molecular weight excluding hydrogens is 166 g/mol. The molecule has 0 aliphatic carbocycles. The van der Waals surface area contributed by atoms with E-state index in [4.69, 9.17) is 0 Å². The summed E-state index contributed by atoms with van der Waals surface area (Å²) in [5, 5.41) is 0. The third kappa shape index (κ3) is 4.17. The fraction of sp³-hybridized carbons (Fsp3) is 0. The summed E-state index contributed by atoms with van der Waals surface area (Å²) < 4.78 is 0. The van der Waals surface area contributed by atoms with Crippen molar-refractivity contribution in [2.45, 2.75) is 0 Å². The van der Waals surface area contributed by atoms with E-state index in [1.807, 2.05) is 30.3 Å². The molecule has 0 amide bonds. The van der Waals surface area contributed by atoms with E-state index >= 15 is 0 Å². The van der Waals surface area contributed by atoms with Crippen LogP contribution in [0, 0.1) is 6.07 Å². The van der Waals surface area contributed by atoms with E-state index in [9.17, 15) is 0 Å². The van der Waals surface area contributed by atoms with Gasteiger partial charge in [-0.15, -0.1) is 0 Å². The molecule has 1 aromatic carbocycles. The van der Waals surface area contributed by atoms with Crippen LogP contribution in [-0.4, -0.2) is 0 Å². The average Bonchev–Trinajstić information content (AvgIpc) is 1.72. The molecule has 0 bridgehead atoms. The first-order chi connectivity index (χ1) is 3.00. The van der Waals surface area contributed by atoms with Crippen LogP contribution in [-0.2, 0) is 16.5 Å². The van der Waals surface area contributed by atoms with Gasteiger partial charge in [-0.3, -0.25) is 0 Å². The van der Waals surface area contributed by atoms with Gasteiger partial charge in [0.2, 0.25) is 0 Å². The van der Waals surface area contributed by atoms with Crippen LogP contribution in [0.15, 0.2) is 30.3 Å². The first-order valence-electron chi connectivity index (χ1n) is 1.91. The average molecular weight is 171 g/mol. The number of hydrogen-bond acceptors (Lipinski definition) is 0. The Balaban J connectivity index is 0. The summed E-state index contributed by atoms with van der Waals surface area (Å²) in [5.74, 6) is 0. The van der Waals surface area contributed by atoms with Gasteiger partial charge in [0.25, 0.3) is 0 Å². The summed E-state index contributed by atoms with van der Waals surface area (Å²) in [6.07, 6.45) is 0. The summed E-state index contributed by atoms with van der Waals surface area (Å²) in [7, 11) is 0. The molecule has 47 valence electrons. The second kappa shape index (κ2) is 7.00. The quantitative estimate of drug-likeness (QED) is 0.416. The summed E-state index contributed by atoms with van der Waals surface area (Å²) in [4.78, 5) is 0. The Bertz CT molecular complexity index is 80.5. The summed E-state index contributed by atoms with van der Waals surface area (Å²) in [6.45, 7) is 0. The van der Waals surface area contributed by atoms with Gasteiger partial charge in [0.15, 0.2) is 0 Å². The molecule has 0 nitrogen and oxygen atoms in total. The fourth-order valence-corrected chi connectivity index (χ4v) is 0.342. The molecule has 0 aliphatic rings. The summed E-state index contributed by atoms with van der Waals surface area (Å²) in [6, 6.07) is 12.5. The Kier molecular flexibility index (Phi) is 9.54. The molecule has 0 atom stereocenters. The van der Waals surface area contributed by atoms with Crippen molar-refractivity contribution in [3.63, 3.8) is 0 Å². The van der Waals surface area contributed by atoms with Gasteiger partial charge < -0.3 is 12.4 Å². The van der Waals surface area contributed by atoms with E-state index in [0.29, 0.717) is 0 Å². The third-order valence-corrected chi connectivity index (χ3v) is 0.607. The van der Waals surface area contributed by atoms with Crippen LogP contribution in [0.3, 0.4) is 0 Å². The van der Waals surface area contributed by atoms with Gasteiger partial charge in [0.05, 0.1) is 0 Å². The molecular formula is C6H5ClNi-. The summed E-state index contributed by atoms with van der Waals surface area (Å²) in [5.41, 5.74) is 0. The SMILES string of the molecule is [Cl-].[Ni].[c]1ccccc1. The minimum Gasteiger partial charge on any atom is -1.00 e. The third-order valence-electron chi connectivity index (χ3n) is 0.607. The fourth-order valence-electron chi connectivity index (χ4n) is 0.342. The molecule has 0 unspecified atom stereocenters. The van der Waals surface area contributed by atoms with Crippen LogP contribution in [0.5, 0.6) is 0 Å². The van der Waals surface area contributed by atoms with Crippen molar-refractivity contribution in [3.05, 3.63) is 36.4 Å². The van der Waals surface area contributed by atoms with E-state index < -0.39 is 0 Å². The normalized spacial score (nSPS) is 6.00. The second-order valence-electron chi connectivity index (χ2n) is 1.08. The van der Waals surface area contributed by atoms with Crippen molar-refractivity contribution < 1.29 is 28.9 Å². The van der Waals surface area contributed by atoms with Crippen LogP contribution in [0.25, 0.3) is 0 Å². The van der Waals surface area contributed by atoms with E-state index in [1.165, 1.54) is 0 Å². The maximum atomic E-state index is 2.89. The number of halogens is 1. The number of rotatable bonds is 0. The van der Waals surface area contributed by atoms with E-state index in [-0.39, 0.29) is 28.9 Å². The first-order valence-corrected chi connectivity index (χ1v) is 1.91. The van der Waals surface area contributed by atoms with E-state index in [0.717, 1.165) is 0 Å². The van der Waals surface area contributed by atoms with E-state index in [2.05, 4.69) is 6.07 Å². The number of benzene rings is 1. The molecule has 0 fully saturated rings. The predicted octanol–water partition coefficient (Wildman–Crippen LogP) is -1.51. The maximum Gasteiger partial charge on any atom is 0 e. The first kappa shape index (κ1) is 10.9. The Morgan fingerprint density at radius 3 is 1.50 bits per heavy atom. The second-order valence-corrected chi connectivity index (χ2v) is 1.08. The Morgan fingerprint density at radius 1 is 0.875 bits per heavy atom. The molecule has 1 aromatic rings. The smallest absolute Gasteiger partial charge is 0 e. The van der Waals surface area contributed by atoms with Gasteiger partial charge in [-0.05, 0) is 6.07 Å². The molecule has 0 N–H and O–H groups in total. The van der Waals surface area contributed by atoms with Gasteiger partial charge in [0.1, 0.15) is 0 Å². The zero-order valence-corrected chi connectivity index (χ0v) is 5.82. The minimum atomic E-state index is 0. The molecule has 0 saturated carbocycles. The van der Waals surface area contributed by atoms with Crippen molar-refractivity contribution in [1.29, 1.82) is 0 Å². The van der Waals surface area contributed by atoms with Gasteiger partial charge in [-0.1, -0.05) is 30.3 Å². The van der Waals surface area contributed by atoms with Crippen LogP contribution >= 0.6 is 0 Å². The Morgan fingerprint density at radius 2 is 1.38 bits per heavy atom. The molecule has 0 spiro atoms. The largest absolute Gasteiger partial charge is 1.00 e. The maximum absolute atomic E-state index is 2.89. The van der Waals surface area contributed by atoms with Crippen LogP contribution < -0.4 is 12.4 Å². The van der Waals surface area contributed by atoms with Crippen molar-refractivity contribution >= 4 is 0 Å². The molecule has 0 saturated heterocycles. The molecule has 2 heteroatoms. The topological polar surface area (TPSA) is 0 Å². The Labute approximate surface area is 65.6 Å². The molecule has 8 heavy (non-hydrogen) atoms. The van der Waals surface area contributed by atoms with Gasteiger partial charge in [-0.2, -0.15) is 0 Å². The van der Waals surface area contributed by atoms with Crippen molar-refractivity contribution in [2.75, 3.05) is 0 Å². The Hall–Kier alpha value is 0.00351. The van der Waals surface area contributed by atoms with Crippen molar-refractivity contribution in [2.24, 2.45) is 0 Å². The monoisotopic (exact) mass is 170 g/mol. The van der Waals surface area contributed by atoms with E-state index in [1.54, 1.807) is 0 Å². The zero-order chi connectivity index (χ0) is 4.24. The zero-order valence-electron chi connectivity index (χ0n) is 4.08. The van der Waals surface area contributed by atoms with Crippen LogP contribution in [0.1, 0.15) is 0 Å². The van der Waals surface area contributed by atoms with Gasteiger partial charge in [-0.25, -0.2) is 0 Å². The standard InChI is InChI=1S/C6H5.ClH.Ni/c1-2-4-6-5-3-1;;/h1-5H;1H;/p-1.